The van der Waals surface area contributed by atoms with Crippen LogP contribution in [-0.2, 0) is 0 Å². The quantitative estimate of drug-likeness (QED) is 0.906. The topological polar surface area (TPSA) is 46.6 Å². The van der Waals surface area contributed by atoms with Gasteiger partial charge >= 0.3 is 0 Å². The third-order valence-corrected chi connectivity index (χ3v) is 4.83. The van der Waals surface area contributed by atoms with Crippen LogP contribution >= 0.6 is 0 Å². The van der Waals surface area contributed by atoms with E-state index in [1.807, 2.05) is 24.5 Å². The number of aromatic nitrogens is 1. The third-order valence-electron chi connectivity index (χ3n) is 4.83. The summed E-state index contributed by atoms with van der Waals surface area (Å²) in [6.45, 7) is 6.21. The fourth-order valence-corrected chi connectivity index (χ4v) is 3.53. The van der Waals surface area contributed by atoms with Crippen LogP contribution in [0.15, 0.2) is 36.7 Å². The van der Waals surface area contributed by atoms with Gasteiger partial charge in [-0.25, -0.2) is 0 Å². The lowest BCUT2D eigenvalue weighted by atomic mass is 9.93. The molecule has 25 heavy (non-hydrogen) atoms. The van der Waals surface area contributed by atoms with Gasteiger partial charge in [0, 0.05) is 37.6 Å². The van der Waals surface area contributed by atoms with Gasteiger partial charge in [-0.05, 0) is 55.3 Å². The largest absolute Gasteiger partial charge is 0.497 e. The van der Waals surface area contributed by atoms with E-state index in [9.17, 15) is 0 Å². The standard InChI is InChI=1S/C20H27N3O2/c1-15-14-22-9-7-17(15)20(23-11-4-8-21-10-12-23)18-13-16(24-2)5-6-19(18)25-3/h5-7,9,13-14,20-21H,4,8,10-12H2,1-3H3. The Morgan fingerprint density at radius 3 is 2.72 bits per heavy atom. The fraction of sp³-hybridized carbons (Fsp3) is 0.450. The molecule has 0 radical (unpaired) electrons. The average Bonchev–Trinajstić information content (AvgIpc) is 2.93. The van der Waals surface area contributed by atoms with Crippen molar-refractivity contribution >= 4 is 0 Å². The highest BCUT2D eigenvalue weighted by molar-refractivity contribution is 5.47. The highest BCUT2D eigenvalue weighted by Gasteiger charge is 2.27. The van der Waals surface area contributed by atoms with Crippen molar-refractivity contribution in [2.75, 3.05) is 40.4 Å². The first-order chi connectivity index (χ1) is 12.2. The van der Waals surface area contributed by atoms with E-state index in [0.29, 0.717) is 0 Å². The average molecular weight is 341 g/mol. The SMILES string of the molecule is COc1ccc(OC)c(C(c2ccncc2C)N2CCCNCC2)c1. The lowest BCUT2D eigenvalue weighted by Gasteiger charge is -2.33. The van der Waals surface area contributed by atoms with E-state index in [1.165, 1.54) is 11.1 Å². The van der Waals surface area contributed by atoms with Crippen LogP contribution in [0.25, 0.3) is 0 Å². The number of nitrogens with zero attached hydrogens (tertiary/aromatic N) is 2. The lowest BCUT2D eigenvalue weighted by Crippen LogP contribution is -2.33. The Morgan fingerprint density at radius 2 is 1.96 bits per heavy atom. The molecule has 0 amide bonds. The Labute approximate surface area is 150 Å². The summed E-state index contributed by atoms with van der Waals surface area (Å²) < 4.78 is 11.2. The van der Waals surface area contributed by atoms with Crippen molar-refractivity contribution in [1.82, 2.24) is 15.2 Å². The number of nitrogens with one attached hydrogen (secondary N) is 1. The molecule has 1 saturated heterocycles. The monoisotopic (exact) mass is 341 g/mol. The van der Waals surface area contributed by atoms with Crippen molar-refractivity contribution in [2.45, 2.75) is 19.4 Å². The number of hydrogen-bond acceptors (Lipinski definition) is 5. The van der Waals surface area contributed by atoms with Gasteiger partial charge in [0.05, 0.1) is 20.3 Å². The van der Waals surface area contributed by atoms with Gasteiger partial charge in [0.1, 0.15) is 11.5 Å². The maximum atomic E-state index is 5.70. The fourth-order valence-electron chi connectivity index (χ4n) is 3.53. The van der Waals surface area contributed by atoms with E-state index in [0.717, 1.165) is 49.7 Å². The molecule has 0 saturated carbocycles. The van der Waals surface area contributed by atoms with Crippen LogP contribution < -0.4 is 14.8 Å². The van der Waals surface area contributed by atoms with Crippen molar-refractivity contribution in [3.8, 4) is 11.5 Å². The summed E-state index contributed by atoms with van der Waals surface area (Å²) in [7, 11) is 3.43. The summed E-state index contributed by atoms with van der Waals surface area (Å²) in [6.07, 6.45) is 4.94. The van der Waals surface area contributed by atoms with Crippen molar-refractivity contribution in [1.29, 1.82) is 0 Å². The normalized spacial score (nSPS) is 16.9. The molecular weight excluding hydrogens is 314 g/mol. The maximum Gasteiger partial charge on any atom is 0.124 e. The molecule has 0 bridgehead atoms. The zero-order valence-electron chi connectivity index (χ0n) is 15.3. The number of benzene rings is 1. The van der Waals surface area contributed by atoms with E-state index < -0.39 is 0 Å². The smallest absolute Gasteiger partial charge is 0.124 e. The number of hydrogen-bond donors (Lipinski definition) is 1. The minimum absolute atomic E-state index is 0.118. The molecule has 5 nitrogen and oxygen atoms in total. The first kappa shape index (κ1) is 17.7. The molecule has 134 valence electrons. The molecular formula is C20H27N3O2. The molecule has 1 fully saturated rings. The molecule has 1 atom stereocenters. The van der Waals surface area contributed by atoms with Crippen LogP contribution in [0.4, 0.5) is 0 Å². The molecule has 1 aromatic carbocycles. The maximum absolute atomic E-state index is 5.70. The third kappa shape index (κ3) is 3.94. The van der Waals surface area contributed by atoms with Gasteiger partial charge in [0.15, 0.2) is 0 Å². The summed E-state index contributed by atoms with van der Waals surface area (Å²) in [5, 5.41) is 3.49. The summed E-state index contributed by atoms with van der Waals surface area (Å²) in [4.78, 5) is 6.80. The van der Waals surface area contributed by atoms with Crippen LogP contribution in [-0.4, -0.2) is 50.3 Å². The van der Waals surface area contributed by atoms with E-state index in [1.54, 1.807) is 14.2 Å². The van der Waals surface area contributed by atoms with E-state index >= 15 is 0 Å². The van der Waals surface area contributed by atoms with Crippen molar-refractivity contribution < 1.29 is 9.47 Å². The first-order valence-electron chi connectivity index (χ1n) is 8.81. The predicted molar refractivity (Wildman–Crippen MR) is 99.4 cm³/mol. The molecule has 1 unspecified atom stereocenters. The Kier molecular flexibility index (Phi) is 5.89. The Balaban J connectivity index is 2.12. The molecule has 0 spiro atoms. The second kappa shape index (κ2) is 8.32. The number of aryl methyl sites for hydroxylation is 1. The van der Waals surface area contributed by atoms with Crippen LogP contribution in [0.5, 0.6) is 11.5 Å². The molecule has 1 aliphatic heterocycles. The Bertz CT molecular complexity index is 697. The number of ether oxygens (including phenoxy) is 2. The van der Waals surface area contributed by atoms with Crippen LogP contribution in [0.3, 0.4) is 0 Å². The second-order valence-corrected chi connectivity index (χ2v) is 6.38. The first-order valence-corrected chi connectivity index (χ1v) is 8.81. The molecule has 3 rings (SSSR count). The van der Waals surface area contributed by atoms with Gasteiger partial charge in [0.2, 0.25) is 0 Å². The molecule has 0 aliphatic carbocycles. The molecule has 1 aromatic heterocycles. The number of methoxy groups -OCH3 is 2. The van der Waals surface area contributed by atoms with Gasteiger partial charge in [-0.1, -0.05) is 0 Å². The van der Waals surface area contributed by atoms with Crippen LogP contribution in [0.1, 0.15) is 29.2 Å². The Morgan fingerprint density at radius 1 is 1.08 bits per heavy atom. The van der Waals surface area contributed by atoms with Crippen LogP contribution in [0.2, 0.25) is 0 Å². The van der Waals surface area contributed by atoms with Crippen molar-refractivity contribution in [2.24, 2.45) is 0 Å². The van der Waals surface area contributed by atoms with Gasteiger partial charge in [-0.3, -0.25) is 9.88 Å². The van der Waals surface area contributed by atoms with Crippen LogP contribution in [0, 0.1) is 6.92 Å². The lowest BCUT2D eigenvalue weighted by molar-refractivity contribution is 0.235. The summed E-state index contributed by atoms with van der Waals surface area (Å²) in [5.74, 6) is 1.74. The highest BCUT2D eigenvalue weighted by atomic mass is 16.5. The summed E-state index contributed by atoms with van der Waals surface area (Å²) in [5.41, 5.74) is 3.59. The number of rotatable bonds is 5. The van der Waals surface area contributed by atoms with Crippen molar-refractivity contribution in [3.63, 3.8) is 0 Å². The van der Waals surface area contributed by atoms with Crippen molar-refractivity contribution in [3.05, 3.63) is 53.3 Å². The molecule has 2 heterocycles. The van der Waals surface area contributed by atoms with Gasteiger partial charge < -0.3 is 14.8 Å². The highest BCUT2D eigenvalue weighted by Crippen LogP contribution is 2.38. The van der Waals surface area contributed by atoms with E-state index in [4.69, 9.17) is 9.47 Å². The molecule has 2 aromatic rings. The minimum atomic E-state index is 0.118. The zero-order chi connectivity index (χ0) is 17.6. The Hall–Kier alpha value is -2.11. The summed E-state index contributed by atoms with van der Waals surface area (Å²) >= 11 is 0. The van der Waals surface area contributed by atoms with E-state index in [2.05, 4.69) is 34.3 Å². The molecule has 1 N–H and O–H groups in total. The zero-order valence-corrected chi connectivity index (χ0v) is 15.3. The second-order valence-electron chi connectivity index (χ2n) is 6.38. The van der Waals surface area contributed by atoms with Gasteiger partial charge in [-0.2, -0.15) is 0 Å². The molecule has 5 heteroatoms. The molecule has 1 aliphatic rings. The number of pyridine rings is 1. The van der Waals surface area contributed by atoms with Gasteiger partial charge in [-0.15, -0.1) is 0 Å². The van der Waals surface area contributed by atoms with Gasteiger partial charge in [0.25, 0.3) is 0 Å². The minimum Gasteiger partial charge on any atom is -0.497 e. The summed E-state index contributed by atoms with van der Waals surface area (Å²) in [6, 6.07) is 8.28. The predicted octanol–water partition coefficient (Wildman–Crippen LogP) is 2.79. The van der Waals surface area contributed by atoms with E-state index in [-0.39, 0.29) is 6.04 Å².